The van der Waals surface area contributed by atoms with Crippen LogP contribution in [-0.4, -0.2) is 17.2 Å². The Balaban J connectivity index is 2.23. The SMILES string of the molecule is CCC(=NCC1(c2ncccc2F)CCC1)C(C)C. The average molecular weight is 262 g/mol. The van der Waals surface area contributed by atoms with Gasteiger partial charge in [0.2, 0.25) is 0 Å². The molecule has 0 aliphatic heterocycles. The van der Waals surface area contributed by atoms with E-state index in [2.05, 4.69) is 25.8 Å². The Morgan fingerprint density at radius 2 is 2.21 bits per heavy atom. The summed E-state index contributed by atoms with van der Waals surface area (Å²) in [5.41, 5.74) is 1.69. The van der Waals surface area contributed by atoms with Crippen molar-refractivity contribution in [2.45, 2.75) is 51.9 Å². The summed E-state index contributed by atoms with van der Waals surface area (Å²) in [6, 6.07) is 3.16. The van der Waals surface area contributed by atoms with Gasteiger partial charge < -0.3 is 0 Å². The molecule has 104 valence electrons. The molecule has 2 rings (SSSR count). The van der Waals surface area contributed by atoms with Gasteiger partial charge in [-0.2, -0.15) is 0 Å². The molecular weight excluding hydrogens is 239 g/mol. The van der Waals surface area contributed by atoms with Crippen molar-refractivity contribution in [2.24, 2.45) is 10.9 Å². The molecule has 1 aromatic rings. The van der Waals surface area contributed by atoms with Gasteiger partial charge in [0.25, 0.3) is 0 Å². The van der Waals surface area contributed by atoms with Crippen molar-refractivity contribution in [3.8, 4) is 0 Å². The summed E-state index contributed by atoms with van der Waals surface area (Å²) < 4.78 is 14.0. The number of aromatic nitrogens is 1. The van der Waals surface area contributed by atoms with Crippen LogP contribution < -0.4 is 0 Å². The first kappa shape index (κ1) is 14.2. The molecule has 1 heterocycles. The van der Waals surface area contributed by atoms with Crippen molar-refractivity contribution in [3.63, 3.8) is 0 Å². The van der Waals surface area contributed by atoms with E-state index in [9.17, 15) is 4.39 Å². The first-order valence-corrected chi connectivity index (χ1v) is 7.23. The van der Waals surface area contributed by atoms with Crippen molar-refractivity contribution < 1.29 is 4.39 Å². The highest BCUT2D eigenvalue weighted by molar-refractivity contribution is 5.86. The molecule has 1 aliphatic rings. The molecule has 1 aromatic heterocycles. The van der Waals surface area contributed by atoms with E-state index in [1.54, 1.807) is 12.3 Å². The summed E-state index contributed by atoms with van der Waals surface area (Å²) in [5.74, 6) is 0.288. The molecule has 0 spiro atoms. The van der Waals surface area contributed by atoms with Gasteiger partial charge in [-0.05, 0) is 37.3 Å². The number of nitrogens with zero attached hydrogens (tertiary/aromatic N) is 2. The second kappa shape index (κ2) is 5.81. The van der Waals surface area contributed by atoms with Crippen molar-refractivity contribution in [1.82, 2.24) is 4.98 Å². The molecule has 0 aromatic carbocycles. The lowest BCUT2D eigenvalue weighted by Crippen LogP contribution is -2.39. The molecular formula is C16H23FN2. The second-order valence-corrected chi connectivity index (χ2v) is 5.78. The minimum Gasteiger partial charge on any atom is -0.293 e. The molecule has 3 heteroatoms. The lowest BCUT2D eigenvalue weighted by molar-refractivity contribution is 0.237. The van der Waals surface area contributed by atoms with Gasteiger partial charge in [-0.25, -0.2) is 4.39 Å². The zero-order valence-electron chi connectivity index (χ0n) is 12.1. The lowest BCUT2D eigenvalue weighted by Gasteiger charge is -2.40. The summed E-state index contributed by atoms with van der Waals surface area (Å²) >= 11 is 0. The normalized spacial score (nSPS) is 18.5. The number of halogens is 1. The maximum absolute atomic E-state index is 14.0. The number of hydrogen-bond acceptors (Lipinski definition) is 2. The zero-order valence-corrected chi connectivity index (χ0v) is 12.1. The first-order chi connectivity index (χ1) is 9.09. The monoisotopic (exact) mass is 262 g/mol. The van der Waals surface area contributed by atoms with Crippen molar-refractivity contribution >= 4 is 5.71 Å². The number of hydrogen-bond donors (Lipinski definition) is 0. The molecule has 1 aliphatic carbocycles. The molecule has 1 saturated carbocycles. The summed E-state index contributed by atoms with van der Waals surface area (Å²) in [7, 11) is 0. The van der Waals surface area contributed by atoms with Crippen LogP contribution in [0.5, 0.6) is 0 Å². The standard InChI is InChI=1S/C16H23FN2/c1-4-14(12(2)3)19-11-16(8-6-9-16)15-13(17)7-5-10-18-15/h5,7,10,12H,4,6,8-9,11H2,1-3H3. The van der Waals surface area contributed by atoms with Gasteiger partial charge in [0.05, 0.1) is 12.2 Å². The topological polar surface area (TPSA) is 25.2 Å². The molecule has 0 unspecified atom stereocenters. The van der Waals surface area contributed by atoms with Gasteiger partial charge in [-0.15, -0.1) is 0 Å². The first-order valence-electron chi connectivity index (χ1n) is 7.23. The lowest BCUT2D eigenvalue weighted by atomic mass is 9.66. The summed E-state index contributed by atoms with van der Waals surface area (Å²) in [5, 5.41) is 0. The quantitative estimate of drug-likeness (QED) is 0.732. The van der Waals surface area contributed by atoms with E-state index in [-0.39, 0.29) is 11.2 Å². The zero-order chi connectivity index (χ0) is 13.9. The van der Waals surface area contributed by atoms with Crippen LogP contribution in [0.1, 0.15) is 52.1 Å². The van der Waals surface area contributed by atoms with Crippen LogP contribution in [0.3, 0.4) is 0 Å². The average Bonchev–Trinajstić information content (AvgIpc) is 2.33. The van der Waals surface area contributed by atoms with E-state index in [0.29, 0.717) is 18.2 Å². The Labute approximate surface area is 115 Å². The van der Waals surface area contributed by atoms with Crippen LogP contribution in [0.4, 0.5) is 4.39 Å². The maximum Gasteiger partial charge on any atom is 0.145 e. The number of pyridine rings is 1. The highest BCUT2D eigenvalue weighted by atomic mass is 19.1. The highest BCUT2D eigenvalue weighted by Crippen LogP contribution is 2.44. The smallest absolute Gasteiger partial charge is 0.145 e. The van der Waals surface area contributed by atoms with E-state index in [1.165, 1.54) is 11.8 Å². The van der Waals surface area contributed by atoms with Gasteiger partial charge in [0, 0.05) is 17.3 Å². The molecule has 19 heavy (non-hydrogen) atoms. The van der Waals surface area contributed by atoms with Gasteiger partial charge in [-0.1, -0.05) is 27.2 Å². The fourth-order valence-electron chi connectivity index (χ4n) is 2.80. The fourth-order valence-corrected chi connectivity index (χ4v) is 2.80. The molecule has 0 atom stereocenters. The number of aliphatic imine (C=N–C) groups is 1. The van der Waals surface area contributed by atoms with Crippen LogP contribution in [0.2, 0.25) is 0 Å². The predicted octanol–water partition coefficient (Wildman–Crippen LogP) is 4.15. The third kappa shape index (κ3) is 2.85. The minimum absolute atomic E-state index is 0.152. The molecule has 0 radical (unpaired) electrons. The Hall–Kier alpha value is -1.25. The number of rotatable bonds is 5. The molecule has 0 amide bonds. The second-order valence-electron chi connectivity index (χ2n) is 5.78. The summed E-state index contributed by atoms with van der Waals surface area (Å²) in [6.07, 6.45) is 5.80. The van der Waals surface area contributed by atoms with Crippen LogP contribution in [0.25, 0.3) is 0 Å². The van der Waals surface area contributed by atoms with E-state index in [4.69, 9.17) is 4.99 Å². The Morgan fingerprint density at radius 3 is 2.68 bits per heavy atom. The van der Waals surface area contributed by atoms with Gasteiger partial charge in [-0.3, -0.25) is 9.98 Å². The van der Waals surface area contributed by atoms with Crippen molar-refractivity contribution in [1.29, 1.82) is 0 Å². The Morgan fingerprint density at radius 1 is 1.47 bits per heavy atom. The van der Waals surface area contributed by atoms with Gasteiger partial charge in [0.1, 0.15) is 5.82 Å². The minimum atomic E-state index is -0.181. The maximum atomic E-state index is 14.0. The fraction of sp³-hybridized carbons (Fsp3) is 0.625. The highest BCUT2D eigenvalue weighted by Gasteiger charge is 2.41. The molecule has 1 fully saturated rings. The van der Waals surface area contributed by atoms with Crippen molar-refractivity contribution in [2.75, 3.05) is 6.54 Å². The molecule has 0 bridgehead atoms. The summed E-state index contributed by atoms with van der Waals surface area (Å²) in [6.45, 7) is 7.14. The molecule has 2 nitrogen and oxygen atoms in total. The molecule has 0 saturated heterocycles. The van der Waals surface area contributed by atoms with E-state index in [0.717, 1.165) is 25.7 Å². The largest absolute Gasteiger partial charge is 0.293 e. The Kier molecular flexibility index (Phi) is 4.33. The van der Waals surface area contributed by atoms with Gasteiger partial charge >= 0.3 is 0 Å². The third-order valence-electron chi connectivity index (χ3n) is 4.18. The van der Waals surface area contributed by atoms with Crippen LogP contribution >= 0.6 is 0 Å². The van der Waals surface area contributed by atoms with E-state index < -0.39 is 0 Å². The predicted molar refractivity (Wildman–Crippen MR) is 77.2 cm³/mol. The molecule has 0 N–H and O–H groups in total. The van der Waals surface area contributed by atoms with Crippen LogP contribution in [0, 0.1) is 11.7 Å². The van der Waals surface area contributed by atoms with Crippen LogP contribution in [-0.2, 0) is 5.41 Å². The van der Waals surface area contributed by atoms with Crippen LogP contribution in [0.15, 0.2) is 23.3 Å². The van der Waals surface area contributed by atoms with E-state index in [1.807, 2.05) is 0 Å². The Bertz CT molecular complexity index is 462. The third-order valence-corrected chi connectivity index (χ3v) is 4.18. The van der Waals surface area contributed by atoms with Gasteiger partial charge in [0.15, 0.2) is 0 Å². The summed E-state index contributed by atoms with van der Waals surface area (Å²) in [4.78, 5) is 9.04. The van der Waals surface area contributed by atoms with E-state index >= 15 is 0 Å². The van der Waals surface area contributed by atoms with Crippen molar-refractivity contribution in [3.05, 3.63) is 29.8 Å².